The molecule has 3 rings (SSSR count). The third kappa shape index (κ3) is 6.35. The monoisotopic (exact) mass is 378 g/mol. The molecule has 1 aliphatic carbocycles. The molecule has 1 atom stereocenters. The minimum atomic E-state index is 0.180. The van der Waals surface area contributed by atoms with Crippen LogP contribution in [0.3, 0.4) is 0 Å². The number of guanidine groups is 1. The summed E-state index contributed by atoms with van der Waals surface area (Å²) in [5, 5.41) is 6.69. The zero-order valence-electron chi connectivity index (χ0n) is 17.4. The van der Waals surface area contributed by atoms with Crippen molar-refractivity contribution in [2.75, 3.05) is 59.4 Å². The van der Waals surface area contributed by atoms with Crippen LogP contribution in [0.15, 0.2) is 4.99 Å². The Bertz CT molecular complexity index is 511. The van der Waals surface area contributed by atoms with Crippen molar-refractivity contribution in [2.45, 2.75) is 51.6 Å². The predicted octanol–water partition coefficient (Wildman–Crippen LogP) is 0.578. The third-order valence-corrected chi connectivity index (χ3v) is 5.79. The second-order valence-corrected chi connectivity index (χ2v) is 8.72. The number of aliphatic imine (C=N–C) groups is 1. The summed E-state index contributed by atoms with van der Waals surface area (Å²) in [5.74, 6) is 1.91. The van der Waals surface area contributed by atoms with Gasteiger partial charge in [0.15, 0.2) is 5.96 Å². The lowest BCUT2D eigenvalue weighted by atomic mass is 10.1. The van der Waals surface area contributed by atoms with Gasteiger partial charge in [-0.25, -0.2) is 0 Å². The van der Waals surface area contributed by atoms with E-state index in [0.717, 1.165) is 57.4 Å². The summed E-state index contributed by atoms with van der Waals surface area (Å²) < 4.78 is 0. The zero-order valence-corrected chi connectivity index (χ0v) is 17.4. The Morgan fingerprint density at radius 1 is 1.11 bits per heavy atom. The van der Waals surface area contributed by atoms with E-state index >= 15 is 0 Å². The predicted molar refractivity (Wildman–Crippen MR) is 110 cm³/mol. The fourth-order valence-corrected chi connectivity index (χ4v) is 4.20. The number of hydrogen-bond acceptors (Lipinski definition) is 4. The summed E-state index contributed by atoms with van der Waals surface area (Å²) in [6.07, 6.45) is 4.88. The molecule has 7 nitrogen and oxygen atoms in total. The highest BCUT2D eigenvalue weighted by Crippen LogP contribution is 2.19. The molecule has 0 bridgehead atoms. The van der Waals surface area contributed by atoms with Gasteiger partial charge < -0.3 is 15.5 Å². The van der Waals surface area contributed by atoms with Gasteiger partial charge in [-0.2, -0.15) is 0 Å². The maximum Gasteiger partial charge on any atom is 0.234 e. The Hall–Kier alpha value is -1.34. The largest absolute Gasteiger partial charge is 0.355 e. The molecule has 1 amide bonds. The van der Waals surface area contributed by atoms with Crippen molar-refractivity contribution in [3.05, 3.63) is 0 Å². The van der Waals surface area contributed by atoms with Crippen molar-refractivity contribution < 1.29 is 4.79 Å². The van der Waals surface area contributed by atoms with Gasteiger partial charge in [0.1, 0.15) is 0 Å². The summed E-state index contributed by atoms with van der Waals surface area (Å²) in [6, 6.07) is 1.07. The van der Waals surface area contributed by atoms with Crippen molar-refractivity contribution in [3.63, 3.8) is 0 Å². The standard InChI is InChI=1S/C20H38N6O/c1-16(2)14-26-8-4-5-18(26)13-22-20(21-3)25-11-9-24(10-12-25)15-19(27)23-17-6-7-17/h16-18H,4-15H2,1-3H3,(H,21,22)(H,23,27)/t18-/m1/s1. The number of carbonyl (C=O) groups excluding carboxylic acids is 1. The van der Waals surface area contributed by atoms with Crippen LogP contribution in [0.25, 0.3) is 0 Å². The molecule has 0 spiro atoms. The number of hydrogen-bond donors (Lipinski definition) is 2. The van der Waals surface area contributed by atoms with Crippen LogP contribution in [0.5, 0.6) is 0 Å². The summed E-state index contributed by atoms with van der Waals surface area (Å²) in [6.45, 7) is 12.2. The number of nitrogens with one attached hydrogen (secondary N) is 2. The van der Waals surface area contributed by atoms with Crippen molar-refractivity contribution in [1.82, 2.24) is 25.3 Å². The molecule has 3 aliphatic rings. The molecule has 1 saturated carbocycles. The molecule has 2 heterocycles. The maximum absolute atomic E-state index is 12.0. The fraction of sp³-hybridized carbons (Fsp3) is 0.900. The minimum absolute atomic E-state index is 0.180. The van der Waals surface area contributed by atoms with Crippen LogP contribution in [0.1, 0.15) is 39.5 Å². The first-order chi connectivity index (χ1) is 13.0. The average molecular weight is 379 g/mol. The van der Waals surface area contributed by atoms with E-state index in [1.54, 1.807) is 0 Å². The second-order valence-electron chi connectivity index (χ2n) is 8.72. The van der Waals surface area contributed by atoms with Crippen molar-refractivity contribution in [2.24, 2.45) is 10.9 Å². The Morgan fingerprint density at radius 2 is 1.85 bits per heavy atom. The van der Waals surface area contributed by atoms with E-state index in [4.69, 9.17) is 0 Å². The smallest absolute Gasteiger partial charge is 0.234 e. The molecule has 2 aliphatic heterocycles. The molecular weight excluding hydrogens is 340 g/mol. The summed E-state index contributed by atoms with van der Waals surface area (Å²) in [7, 11) is 1.87. The molecule has 0 aromatic rings. The van der Waals surface area contributed by atoms with Crippen LogP contribution in [-0.2, 0) is 4.79 Å². The molecule has 2 N–H and O–H groups in total. The lowest BCUT2D eigenvalue weighted by molar-refractivity contribution is -0.122. The normalized spacial score (nSPS) is 25.3. The molecule has 7 heteroatoms. The van der Waals surface area contributed by atoms with Crippen molar-refractivity contribution in [1.29, 1.82) is 0 Å². The molecular formula is C20H38N6O. The van der Waals surface area contributed by atoms with Gasteiger partial charge in [0.2, 0.25) is 5.91 Å². The highest BCUT2D eigenvalue weighted by Gasteiger charge is 2.27. The first-order valence-electron chi connectivity index (χ1n) is 10.8. The maximum atomic E-state index is 12.0. The number of nitrogens with zero attached hydrogens (tertiary/aromatic N) is 4. The molecule has 0 aromatic heterocycles. The molecule has 27 heavy (non-hydrogen) atoms. The fourth-order valence-electron chi connectivity index (χ4n) is 4.20. The lowest BCUT2D eigenvalue weighted by Crippen LogP contribution is -2.55. The molecule has 0 radical (unpaired) electrons. The lowest BCUT2D eigenvalue weighted by Gasteiger charge is -2.36. The summed E-state index contributed by atoms with van der Waals surface area (Å²) in [4.78, 5) is 23.7. The quantitative estimate of drug-likeness (QED) is 0.501. The van der Waals surface area contributed by atoms with Crippen LogP contribution < -0.4 is 10.6 Å². The SMILES string of the molecule is CN=C(NC[C@H]1CCCN1CC(C)C)N1CCN(CC(=O)NC2CC2)CC1. The molecule has 154 valence electrons. The van der Waals surface area contributed by atoms with E-state index in [9.17, 15) is 4.79 Å². The van der Waals surface area contributed by atoms with Crippen LogP contribution in [-0.4, -0.2) is 98.1 Å². The van der Waals surface area contributed by atoms with Crippen LogP contribution in [0.2, 0.25) is 0 Å². The molecule has 2 saturated heterocycles. The topological polar surface area (TPSA) is 63.2 Å². The second kappa shape index (κ2) is 9.73. The Labute approximate surface area is 164 Å². The highest BCUT2D eigenvalue weighted by molar-refractivity contribution is 5.80. The van der Waals surface area contributed by atoms with Crippen LogP contribution in [0, 0.1) is 5.92 Å². The summed E-state index contributed by atoms with van der Waals surface area (Å²) >= 11 is 0. The van der Waals surface area contributed by atoms with Gasteiger partial charge in [-0.15, -0.1) is 0 Å². The van der Waals surface area contributed by atoms with Gasteiger partial charge in [-0.3, -0.25) is 19.6 Å². The van der Waals surface area contributed by atoms with E-state index < -0.39 is 0 Å². The molecule has 3 fully saturated rings. The first kappa shape index (κ1) is 20.4. The van der Waals surface area contributed by atoms with E-state index in [-0.39, 0.29) is 5.91 Å². The van der Waals surface area contributed by atoms with E-state index in [1.807, 2.05) is 7.05 Å². The number of amides is 1. The first-order valence-corrected chi connectivity index (χ1v) is 10.8. The van der Waals surface area contributed by atoms with Gasteiger partial charge in [-0.05, 0) is 38.1 Å². The van der Waals surface area contributed by atoms with Gasteiger partial charge in [0, 0.05) is 58.4 Å². The van der Waals surface area contributed by atoms with E-state index in [1.165, 1.54) is 25.9 Å². The van der Waals surface area contributed by atoms with Gasteiger partial charge in [0.25, 0.3) is 0 Å². The number of rotatable bonds is 7. The zero-order chi connectivity index (χ0) is 19.2. The van der Waals surface area contributed by atoms with Gasteiger partial charge in [-0.1, -0.05) is 13.8 Å². The minimum Gasteiger partial charge on any atom is -0.355 e. The Balaban J connectivity index is 1.39. The third-order valence-electron chi connectivity index (χ3n) is 5.79. The number of piperazine rings is 1. The van der Waals surface area contributed by atoms with Crippen LogP contribution in [0.4, 0.5) is 0 Å². The summed E-state index contributed by atoms with van der Waals surface area (Å²) in [5.41, 5.74) is 0. The van der Waals surface area contributed by atoms with Gasteiger partial charge in [0.05, 0.1) is 6.54 Å². The van der Waals surface area contributed by atoms with Crippen LogP contribution >= 0.6 is 0 Å². The highest BCUT2D eigenvalue weighted by atomic mass is 16.2. The van der Waals surface area contributed by atoms with Gasteiger partial charge >= 0.3 is 0 Å². The van der Waals surface area contributed by atoms with Crippen molar-refractivity contribution >= 4 is 11.9 Å². The molecule has 0 unspecified atom stereocenters. The van der Waals surface area contributed by atoms with E-state index in [2.05, 4.69) is 44.2 Å². The number of likely N-dealkylation sites (tertiary alicyclic amines) is 1. The number of carbonyl (C=O) groups is 1. The van der Waals surface area contributed by atoms with Crippen molar-refractivity contribution in [3.8, 4) is 0 Å². The molecule has 0 aromatic carbocycles. The average Bonchev–Trinajstić information content (AvgIpc) is 3.34. The van der Waals surface area contributed by atoms with E-state index in [0.29, 0.717) is 18.6 Å². The Kier molecular flexibility index (Phi) is 7.35. The Morgan fingerprint density at radius 3 is 2.48 bits per heavy atom.